The van der Waals surface area contributed by atoms with Gasteiger partial charge in [0.1, 0.15) is 22.8 Å². The lowest BCUT2D eigenvalue weighted by Gasteiger charge is -2.04. The van der Waals surface area contributed by atoms with Crippen LogP contribution in [-0.2, 0) is 11.8 Å². The van der Waals surface area contributed by atoms with E-state index in [4.69, 9.17) is 28.9 Å². The molecule has 0 bridgehead atoms. The van der Waals surface area contributed by atoms with E-state index in [0.717, 1.165) is 36.8 Å². The average molecular weight is 447 g/mol. The van der Waals surface area contributed by atoms with Gasteiger partial charge in [-0.3, -0.25) is 5.73 Å². The Labute approximate surface area is 182 Å². The molecular formula is C21H18Cl2N3S2+. The van der Waals surface area contributed by atoms with Crippen molar-refractivity contribution in [3.05, 3.63) is 82.8 Å². The van der Waals surface area contributed by atoms with Crippen LogP contribution in [-0.4, -0.2) is 4.57 Å². The first-order chi connectivity index (χ1) is 13.6. The minimum Gasteiger partial charge on any atom is -0.290 e. The predicted molar refractivity (Wildman–Crippen MR) is 121 cm³/mol. The highest BCUT2D eigenvalue weighted by Gasteiger charge is 2.21. The van der Waals surface area contributed by atoms with Gasteiger partial charge < -0.3 is 0 Å². The maximum atomic E-state index is 6.55. The quantitative estimate of drug-likeness (QED) is 0.278. The molecule has 0 aliphatic rings. The topological polar surface area (TPSA) is 34.8 Å². The third-order valence-corrected chi connectivity index (χ3v) is 6.75. The van der Waals surface area contributed by atoms with E-state index in [-0.39, 0.29) is 0 Å². The monoisotopic (exact) mass is 446 g/mol. The smallest absolute Gasteiger partial charge is 0.290 e. The second-order valence-electron chi connectivity index (χ2n) is 6.16. The Morgan fingerprint density at radius 1 is 0.821 bits per heavy atom. The number of thioether (sulfide) groups is 2. The summed E-state index contributed by atoms with van der Waals surface area (Å²) in [7, 11) is 0. The highest BCUT2D eigenvalue weighted by Crippen LogP contribution is 2.28. The minimum atomic E-state index is 0.710. The van der Waals surface area contributed by atoms with Crippen molar-refractivity contribution in [3.63, 3.8) is 0 Å². The van der Waals surface area contributed by atoms with Gasteiger partial charge in [0.2, 0.25) is 0 Å². The number of hydrogen-bond donors (Lipinski definition) is 1. The molecule has 0 amide bonds. The van der Waals surface area contributed by atoms with Gasteiger partial charge in [-0.2, -0.15) is 0 Å². The van der Waals surface area contributed by atoms with Crippen LogP contribution >= 0.6 is 46.7 Å². The number of fused-ring (bicyclic) bond motifs is 1. The molecule has 0 fully saturated rings. The van der Waals surface area contributed by atoms with E-state index in [1.807, 2.05) is 48.5 Å². The van der Waals surface area contributed by atoms with E-state index in [1.54, 1.807) is 23.5 Å². The van der Waals surface area contributed by atoms with Crippen molar-refractivity contribution < 1.29 is 4.57 Å². The number of anilines is 1. The van der Waals surface area contributed by atoms with Crippen molar-refractivity contribution in [2.45, 2.75) is 21.5 Å². The fraction of sp³-hybridized carbons (Fsp3) is 0.0952. The summed E-state index contributed by atoms with van der Waals surface area (Å²) in [5, 5.41) is 1.48. The zero-order valence-electron chi connectivity index (χ0n) is 14.9. The molecule has 28 heavy (non-hydrogen) atoms. The van der Waals surface area contributed by atoms with Crippen molar-refractivity contribution in [1.29, 1.82) is 0 Å². The Kier molecular flexibility index (Phi) is 6.07. The summed E-state index contributed by atoms with van der Waals surface area (Å²) in [5.41, 5.74) is 8.78. The Morgan fingerprint density at radius 3 is 2.14 bits per heavy atom. The van der Waals surface area contributed by atoms with Gasteiger partial charge in [-0.1, -0.05) is 71.0 Å². The SMILES string of the molecule is Nc1n(CSc2cccc(Cl)c2)c2ccccc2[n+]1CSc1cccc(Cl)c1. The second kappa shape index (κ2) is 8.70. The zero-order chi connectivity index (χ0) is 19.5. The van der Waals surface area contributed by atoms with Crippen LogP contribution in [0, 0.1) is 0 Å². The summed E-state index contributed by atoms with van der Waals surface area (Å²) in [6.45, 7) is 0. The number of para-hydroxylation sites is 2. The number of nitrogens with two attached hydrogens (primary N) is 1. The lowest BCUT2D eigenvalue weighted by atomic mass is 10.3. The van der Waals surface area contributed by atoms with E-state index in [1.165, 1.54) is 0 Å². The molecule has 142 valence electrons. The number of halogens is 2. The van der Waals surface area contributed by atoms with Crippen molar-refractivity contribution in [2.24, 2.45) is 0 Å². The number of aromatic nitrogens is 2. The van der Waals surface area contributed by atoms with Gasteiger partial charge in [-0.05, 0) is 48.5 Å². The van der Waals surface area contributed by atoms with Crippen LogP contribution in [0.2, 0.25) is 10.0 Å². The average Bonchev–Trinajstić information content (AvgIpc) is 2.96. The largest absolute Gasteiger partial charge is 0.357 e. The van der Waals surface area contributed by atoms with Crippen LogP contribution in [0.3, 0.4) is 0 Å². The van der Waals surface area contributed by atoms with Crippen LogP contribution in [0.1, 0.15) is 0 Å². The summed E-state index contributed by atoms with van der Waals surface area (Å²) in [6.07, 6.45) is 0. The Balaban J connectivity index is 1.61. The normalized spacial score (nSPS) is 11.2. The first kappa shape index (κ1) is 19.5. The number of imidazole rings is 1. The molecule has 0 aliphatic heterocycles. The Bertz CT molecular complexity index is 1040. The Hall–Kier alpha value is -1.79. The number of hydrogen-bond acceptors (Lipinski definition) is 3. The molecule has 0 atom stereocenters. The highest BCUT2D eigenvalue weighted by atomic mass is 35.5. The van der Waals surface area contributed by atoms with E-state index in [0.29, 0.717) is 11.8 Å². The van der Waals surface area contributed by atoms with Crippen molar-refractivity contribution in [2.75, 3.05) is 5.73 Å². The molecule has 0 spiro atoms. The third kappa shape index (κ3) is 4.28. The zero-order valence-corrected chi connectivity index (χ0v) is 18.0. The van der Waals surface area contributed by atoms with Crippen molar-refractivity contribution in [1.82, 2.24) is 4.57 Å². The summed E-state index contributed by atoms with van der Waals surface area (Å²) in [5.74, 6) is 2.15. The number of benzene rings is 3. The maximum Gasteiger partial charge on any atom is 0.357 e. The number of nitrogens with zero attached hydrogens (tertiary/aromatic N) is 2. The summed E-state index contributed by atoms with van der Waals surface area (Å²) >= 11 is 15.6. The van der Waals surface area contributed by atoms with Crippen LogP contribution in [0.5, 0.6) is 0 Å². The molecule has 1 aromatic heterocycles. The molecule has 2 N–H and O–H groups in total. The van der Waals surface area contributed by atoms with Gasteiger partial charge in [0.25, 0.3) is 0 Å². The second-order valence-corrected chi connectivity index (χ2v) is 9.07. The van der Waals surface area contributed by atoms with Crippen molar-refractivity contribution in [3.8, 4) is 0 Å². The molecule has 4 aromatic rings. The van der Waals surface area contributed by atoms with Gasteiger partial charge >= 0.3 is 5.95 Å². The number of nitrogen functional groups attached to an aromatic ring is 1. The third-order valence-electron chi connectivity index (χ3n) is 4.33. The molecule has 3 nitrogen and oxygen atoms in total. The molecule has 0 saturated carbocycles. The van der Waals surface area contributed by atoms with Gasteiger partial charge in [0, 0.05) is 19.8 Å². The predicted octanol–water partition coefficient (Wildman–Crippen LogP) is 6.32. The van der Waals surface area contributed by atoms with Crippen LogP contribution in [0.4, 0.5) is 5.95 Å². The fourth-order valence-corrected chi connectivity index (χ4v) is 5.36. The van der Waals surface area contributed by atoms with Gasteiger partial charge in [-0.15, -0.1) is 0 Å². The minimum absolute atomic E-state index is 0.710. The lowest BCUT2D eigenvalue weighted by molar-refractivity contribution is -0.635. The number of rotatable bonds is 6. The molecule has 1 heterocycles. The van der Waals surface area contributed by atoms with Gasteiger partial charge in [0.05, 0.1) is 0 Å². The molecule has 3 aromatic carbocycles. The van der Waals surface area contributed by atoms with Crippen LogP contribution in [0.15, 0.2) is 82.6 Å². The molecule has 0 aliphatic carbocycles. The molecule has 4 rings (SSSR count). The van der Waals surface area contributed by atoms with Gasteiger partial charge in [-0.25, -0.2) is 9.13 Å². The summed E-state index contributed by atoms with van der Waals surface area (Å²) in [4.78, 5) is 2.23. The van der Waals surface area contributed by atoms with Crippen LogP contribution < -0.4 is 10.3 Å². The molecule has 0 radical (unpaired) electrons. The van der Waals surface area contributed by atoms with Gasteiger partial charge in [0.15, 0.2) is 0 Å². The first-order valence-electron chi connectivity index (χ1n) is 8.65. The standard InChI is InChI=1S/C21H17Cl2N3S2/c22-15-5-3-7-17(11-15)27-13-25-19-9-1-2-10-20(19)26(21(25)24)14-28-18-8-4-6-16(23)12-18/h1-12,24H,13-14H2/p+1. The van der Waals surface area contributed by atoms with E-state index in [9.17, 15) is 0 Å². The van der Waals surface area contributed by atoms with Crippen molar-refractivity contribution >= 4 is 63.7 Å². The van der Waals surface area contributed by atoms with E-state index >= 15 is 0 Å². The lowest BCUT2D eigenvalue weighted by Crippen LogP contribution is -2.35. The molecule has 7 heteroatoms. The Morgan fingerprint density at radius 2 is 1.46 bits per heavy atom. The van der Waals surface area contributed by atoms with E-state index in [2.05, 4.69) is 33.4 Å². The first-order valence-corrected chi connectivity index (χ1v) is 11.4. The maximum absolute atomic E-state index is 6.55. The molecule has 0 unspecified atom stereocenters. The molecular weight excluding hydrogens is 429 g/mol. The molecule has 0 saturated heterocycles. The summed E-state index contributed by atoms with van der Waals surface area (Å²) in [6, 6.07) is 24.0. The summed E-state index contributed by atoms with van der Waals surface area (Å²) < 4.78 is 4.28. The van der Waals surface area contributed by atoms with Crippen LogP contribution in [0.25, 0.3) is 11.0 Å². The van der Waals surface area contributed by atoms with E-state index < -0.39 is 0 Å². The highest BCUT2D eigenvalue weighted by molar-refractivity contribution is 7.98. The fourth-order valence-electron chi connectivity index (χ4n) is 2.98.